The monoisotopic (exact) mass is 454 g/mol. The van der Waals surface area contributed by atoms with Crippen molar-refractivity contribution in [1.29, 1.82) is 0 Å². The maximum Gasteiger partial charge on any atom is 0.203 e. The number of rotatable bonds is 5. The Balaban J connectivity index is 1.81. The molecule has 0 fully saturated rings. The van der Waals surface area contributed by atoms with Gasteiger partial charge >= 0.3 is 0 Å². The molecule has 1 aromatic heterocycles. The molecule has 0 aliphatic carbocycles. The van der Waals surface area contributed by atoms with Gasteiger partial charge in [0.1, 0.15) is 5.82 Å². The Morgan fingerprint density at radius 2 is 1.20 bits per heavy atom. The molecule has 148 valence electrons. The summed E-state index contributed by atoms with van der Waals surface area (Å²) in [5, 5.41) is 1.05. The topological polar surface area (TPSA) is 34.1 Å². The molecule has 1 heterocycles. The SMILES string of the molecule is O=C(c1ccc(Cl)cc1)c1cc(-c2ccc(F)cc2)c(C(=O)c2ccc(Cl)cc2)s1. The van der Waals surface area contributed by atoms with Gasteiger partial charge in [0.2, 0.25) is 11.6 Å². The maximum atomic E-state index is 13.4. The van der Waals surface area contributed by atoms with Crippen LogP contribution in [-0.2, 0) is 0 Å². The molecule has 0 atom stereocenters. The van der Waals surface area contributed by atoms with Gasteiger partial charge in [0.05, 0.1) is 9.75 Å². The van der Waals surface area contributed by atoms with Gasteiger partial charge in [-0.15, -0.1) is 11.3 Å². The van der Waals surface area contributed by atoms with Gasteiger partial charge in [-0.25, -0.2) is 4.39 Å². The van der Waals surface area contributed by atoms with Crippen molar-refractivity contribution < 1.29 is 14.0 Å². The van der Waals surface area contributed by atoms with E-state index in [0.717, 1.165) is 11.3 Å². The first-order valence-corrected chi connectivity index (χ1v) is 10.5. The van der Waals surface area contributed by atoms with Gasteiger partial charge in [0.15, 0.2) is 0 Å². The normalized spacial score (nSPS) is 10.8. The molecule has 2 nitrogen and oxygen atoms in total. The lowest BCUT2D eigenvalue weighted by atomic mass is 10.0. The van der Waals surface area contributed by atoms with E-state index in [2.05, 4.69) is 0 Å². The van der Waals surface area contributed by atoms with Crippen molar-refractivity contribution in [1.82, 2.24) is 0 Å². The number of halogens is 3. The van der Waals surface area contributed by atoms with Crippen LogP contribution in [0.25, 0.3) is 11.1 Å². The number of carbonyl (C=O) groups is 2. The van der Waals surface area contributed by atoms with Crippen LogP contribution in [0.5, 0.6) is 0 Å². The lowest BCUT2D eigenvalue weighted by Crippen LogP contribution is -2.00. The summed E-state index contributed by atoms with van der Waals surface area (Å²) in [6, 6.07) is 20.6. The molecule has 6 heteroatoms. The van der Waals surface area contributed by atoms with E-state index >= 15 is 0 Å². The number of benzene rings is 3. The zero-order chi connectivity index (χ0) is 21.3. The van der Waals surface area contributed by atoms with Gasteiger partial charge in [-0.3, -0.25) is 9.59 Å². The van der Waals surface area contributed by atoms with Crippen molar-refractivity contribution in [3.05, 3.63) is 116 Å². The number of carbonyl (C=O) groups excluding carboxylic acids is 2. The second-order valence-corrected chi connectivity index (χ2v) is 8.46. The molecule has 0 spiro atoms. The first-order chi connectivity index (χ1) is 14.4. The fourth-order valence-corrected chi connectivity index (χ4v) is 4.35. The van der Waals surface area contributed by atoms with Crippen LogP contribution in [0.2, 0.25) is 10.0 Å². The minimum Gasteiger partial charge on any atom is -0.288 e. The van der Waals surface area contributed by atoms with Crippen molar-refractivity contribution >= 4 is 46.1 Å². The highest BCUT2D eigenvalue weighted by molar-refractivity contribution is 7.17. The fourth-order valence-electron chi connectivity index (χ4n) is 2.99. The molecule has 0 saturated heterocycles. The van der Waals surface area contributed by atoms with Gasteiger partial charge in [-0.1, -0.05) is 35.3 Å². The zero-order valence-corrected chi connectivity index (χ0v) is 17.7. The minimum absolute atomic E-state index is 0.213. The summed E-state index contributed by atoms with van der Waals surface area (Å²) in [5.41, 5.74) is 2.16. The van der Waals surface area contributed by atoms with Crippen molar-refractivity contribution in [3.63, 3.8) is 0 Å². The summed E-state index contributed by atoms with van der Waals surface area (Å²) in [6.45, 7) is 0. The first kappa shape index (κ1) is 20.5. The van der Waals surface area contributed by atoms with Crippen LogP contribution in [0, 0.1) is 5.82 Å². The molecular weight excluding hydrogens is 442 g/mol. The molecule has 0 bridgehead atoms. The number of hydrogen-bond acceptors (Lipinski definition) is 3. The van der Waals surface area contributed by atoms with E-state index < -0.39 is 0 Å². The van der Waals surface area contributed by atoms with E-state index in [1.807, 2.05) is 0 Å². The fraction of sp³-hybridized carbons (Fsp3) is 0. The Hall–Kier alpha value is -2.79. The Bertz CT molecular complexity index is 1230. The van der Waals surface area contributed by atoms with E-state index in [-0.39, 0.29) is 17.4 Å². The lowest BCUT2D eigenvalue weighted by Gasteiger charge is -2.04. The molecule has 0 amide bonds. The average molecular weight is 455 g/mol. The molecule has 0 saturated carbocycles. The standard InChI is InChI=1S/C24H13Cl2FO2S/c25-17-7-1-15(2-8-17)22(28)21-13-20(14-5-11-19(27)12-6-14)24(30-21)23(29)16-3-9-18(26)10-4-16/h1-13H. The molecule has 4 rings (SSSR count). The molecule has 3 aromatic carbocycles. The van der Waals surface area contributed by atoms with E-state index in [9.17, 15) is 14.0 Å². The predicted octanol–water partition coefficient (Wildman–Crippen LogP) is 7.32. The van der Waals surface area contributed by atoms with Crippen molar-refractivity contribution in [2.45, 2.75) is 0 Å². The lowest BCUT2D eigenvalue weighted by molar-refractivity contribution is 0.103. The highest BCUT2D eigenvalue weighted by atomic mass is 35.5. The zero-order valence-electron chi connectivity index (χ0n) is 15.4. The Morgan fingerprint density at radius 3 is 1.73 bits per heavy atom. The summed E-state index contributed by atoms with van der Waals surface area (Å²) < 4.78 is 13.4. The van der Waals surface area contributed by atoms with Gasteiger partial charge in [-0.05, 0) is 72.3 Å². The van der Waals surface area contributed by atoms with Crippen LogP contribution in [0.1, 0.15) is 30.5 Å². The Labute approximate surface area is 186 Å². The maximum absolute atomic E-state index is 13.4. The Kier molecular flexibility index (Phi) is 5.82. The quantitative estimate of drug-likeness (QED) is 0.296. The second-order valence-electron chi connectivity index (χ2n) is 6.53. The van der Waals surface area contributed by atoms with Crippen LogP contribution in [0.3, 0.4) is 0 Å². The highest BCUT2D eigenvalue weighted by Crippen LogP contribution is 2.35. The third-order valence-electron chi connectivity index (χ3n) is 4.53. The van der Waals surface area contributed by atoms with Crippen LogP contribution < -0.4 is 0 Å². The average Bonchev–Trinajstić information content (AvgIpc) is 3.20. The van der Waals surface area contributed by atoms with Gasteiger partial charge in [0, 0.05) is 26.7 Å². The highest BCUT2D eigenvalue weighted by Gasteiger charge is 2.22. The molecule has 0 unspecified atom stereocenters. The van der Waals surface area contributed by atoms with Crippen molar-refractivity contribution in [2.75, 3.05) is 0 Å². The van der Waals surface area contributed by atoms with Crippen LogP contribution in [0.15, 0.2) is 78.9 Å². The smallest absolute Gasteiger partial charge is 0.203 e. The number of ketones is 2. The summed E-state index contributed by atoms with van der Waals surface area (Å²) >= 11 is 13.0. The van der Waals surface area contributed by atoms with E-state index in [1.54, 1.807) is 66.7 Å². The molecular formula is C24H13Cl2FO2S. The van der Waals surface area contributed by atoms with E-state index in [4.69, 9.17) is 23.2 Å². The van der Waals surface area contributed by atoms with Gasteiger partial charge < -0.3 is 0 Å². The van der Waals surface area contributed by atoms with Crippen LogP contribution in [-0.4, -0.2) is 11.6 Å². The third-order valence-corrected chi connectivity index (χ3v) is 6.17. The van der Waals surface area contributed by atoms with Crippen molar-refractivity contribution in [3.8, 4) is 11.1 Å². The molecule has 0 radical (unpaired) electrons. The Morgan fingerprint density at radius 1 is 0.700 bits per heavy atom. The van der Waals surface area contributed by atoms with Crippen molar-refractivity contribution in [2.24, 2.45) is 0 Å². The minimum atomic E-state index is -0.378. The second kappa shape index (κ2) is 8.52. The molecule has 4 aromatic rings. The van der Waals surface area contributed by atoms with Gasteiger partial charge in [-0.2, -0.15) is 0 Å². The van der Waals surface area contributed by atoms with Crippen LogP contribution >= 0.6 is 34.5 Å². The number of hydrogen-bond donors (Lipinski definition) is 0. The predicted molar refractivity (Wildman–Crippen MR) is 119 cm³/mol. The van der Waals surface area contributed by atoms with E-state index in [0.29, 0.717) is 42.1 Å². The molecule has 0 N–H and O–H groups in total. The van der Waals surface area contributed by atoms with E-state index in [1.165, 1.54) is 12.1 Å². The van der Waals surface area contributed by atoms with Crippen LogP contribution in [0.4, 0.5) is 4.39 Å². The molecule has 0 aliphatic heterocycles. The first-order valence-electron chi connectivity index (χ1n) is 8.92. The summed E-state index contributed by atoms with van der Waals surface area (Å²) in [5.74, 6) is -0.821. The molecule has 0 aliphatic rings. The summed E-state index contributed by atoms with van der Waals surface area (Å²) in [6.07, 6.45) is 0. The van der Waals surface area contributed by atoms with Gasteiger partial charge in [0.25, 0.3) is 0 Å². The largest absolute Gasteiger partial charge is 0.288 e. The number of thiophene rings is 1. The third kappa shape index (κ3) is 4.21. The molecule has 30 heavy (non-hydrogen) atoms. The summed E-state index contributed by atoms with van der Waals surface area (Å²) in [4.78, 5) is 27.0. The summed E-state index contributed by atoms with van der Waals surface area (Å²) in [7, 11) is 0.